The number of Topliss-reactive ketones (excluding diaryl/α,β-unsaturated/α-hetero) is 1. The fraction of sp³-hybridized carbons (Fsp3) is 0.583. The van der Waals surface area contributed by atoms with E-state index in [2.05, 4.69) is 4.98 Å². The highest BCUT2D eigenvalue weighted by Gasteiger charge is 2.26. The van der Waals surface area contributed by atoms with Gasteiger partial charge in [-0.15, -0.1) is 11.3 Å². The molecule has 0 radical (unpaired) electrons. The van der Waals surface area contributed by atoms with Gasteiger partial charge in [-0.25, -0.2) is 9.78 Å². The molecule has 0 spiro atoms. The molecule has 0 saturated heterocycles. The summed E-state index contributed by atoms with van der Waals surface area (Å²) in [6, 6.07) is 0. The van der Waals surface area contributed by atoms with E-state index in [-0.39, 0.29) is 28.4 Å². The smallest absolute Gasteiger partial charge is 0.356 e. The second kappa shape index (κ2) is 6.06. The molecule has 1 rings (SSSR count). The van der Waals surface area contributed by atoms with Crippen LogP contribution in [0, 0.1) is 5.92 Å². The highest BCUT2D eigenvalue weighted by atomic mass is 32.1. The number of carboxylic acid groups (broad SMARTS) is 1. The number of carbonyl (C=O) groups excluding carboxylic acids is 1. The number of rotatable bonds is 6. The Kier molecular flexibility index (Phi) is 4.98. The zero-order valence-electron chi connectivity index (χ0n) is 10.9. The van der Waals surface area contributed by atoms with Gasteiger partial charge in [0.1, 0.15) is 16.0 Å². The maximum atomic E-state index is 11.4. The van der Waals surface area contributed by atoms with Gasteiger partial charge in [0.25, 0.3) is 0 Å². The van der Waals surface area contributed by atoms with Gasteiger partial charge in [-0.2, -0.15) is 0 Å². The summed E-state index contributed by atoms with van der Waals surface area (Å²) in [6.45, 7) is 7.66. The van der Waals surface area contributed by atoms with Crippen LogP contribution in [0.4, 0.5) is 0 Å². The molecule has 0 bridgehead atoms. The van der Waals surface area contributed by atoms with Crippen molar-refractivity contribution in [3.8, 4) is 0 Å². The SMILES string of the molecule is CCOC(c1nc(C(=O)O)c(C(C)=O)s1)C(C)C. The molecule has 0 amide bonds. The van der Waals surface area contributed by atoms with Crippen molar-refractivity contribution < 1.29 is 19.4 Å². The third-order valence-corrected chi connectivity index (χ3v) is 3.58. The standard InChI is InChI=1S/C12H17NO4S/c1-5-17-9(6(2)3)11-13-8(12(15)16)10(18-11)7(4)14/h6,9H,5H2,1-4H3,(H,15,16). The number of hydrogen-bond donors (Lipinski definition) is 1. The van der Waals surface area contributed by atoms with E-state index in [4.69, 9.17) is 9.84 Å². The molecule has 5 nitrogen and oxygen atoms in total. The predicted octanol–water partition coefficient (Wildman–Crippen LogP) is 2.78. The molecule has 0 saturated carbocycles. The van der Waals surface area contributed by atoms with Crippen molar-refractivity contribution in [1.82, 2.24) is 4.98 Å². The quantitative estimate of drug-likeness (QED) is 0.805. The second-order valence-corrected chi connectivity index (χ2v) is 5.24. The van der Waals surface area contributed by atoms with Crippen molar-refractivity contribution in [2.75, 3.05) is 6.61 Å². The molecule has 0 aliphatic rings. The summed E-state index contributed by atoms with van der Waals surface area (Å²) in [5, 5.41) is 9.58. The van der Waals surface area contributed by atoms with Crippen molar-refractivity contribution >= 4 is 23.1 Å². The number of hydrogen-bond acceptors (Lipinski definition) is 5. The molecule has 18 heavy (non-hydrogen) atoms. The molecule has 100 valence electrons. The van der Waals surface area contributed by atoms with E-state index < -0.39 is 5.97 Å². The molecule has 0 fully saturated rings. The van der Waals surface area contributed by atoms with Crippen LogP contribution in [0.3, 0.4) is 0 Å². The predicted molar refractivity (Wildman–Crippen MR) is 68.3 cm³/mol. The van der Waals surface area contributed by atoms with E-state index in [0.717, 1.165) is 11.3 Å². The molecule has 1 atom stereocenters. The second-order valence-electron chi connectivity index (χ2n) is 4.21. The minimum Gasteiger partial charge on any atom is -0.476 e. The van der Waals surface area contributed by atoms with Crippen molar-refractivity contribution in [2.24, 2.45) is 5.92 Å². The number of ketones is 1. The molecule has 6 heteroatoms. The number of carboxylic acids is 1. The fourth-order valence-corrected chi connectivity index (χ4v) is 2.75. The lowest BCUT2D eigenvalue weighted by Gasteiger charge is -2.17. The van der Waals surface area contributed by atoms with E-state index in [1.165, 1.54) is 6.92 Å². The normalized spacial score (nSPS) is 12.7. The van der Waals surface area contributed by atoms with Crippen LogP contribution in [0.25, 0.3) is 0 Å². The zero-order valence-corrected chi connectivity index (χ0v) is 11.7. The van der Waals surface area contributed by atoms with Crippen molar-refractivity contribution in [2.45, 2.75) is 33.8 Å². The monoisotopic (exact) mass is 271 g/mol. The summed E-state index contributed by atoms with van der Waals surface area (Å²) in [4.78, 5) is 26.7. The highest BCUT2D eigenvalue weighted by molar-refractivity contribution is 7.14. The molecule has 0 aliphatic carbocycles. The zero-order chi connectivity index (χ0) is 13.9. The van der Waals surface area contributed by atoms with Gasteiger partial charge in [0.2, 0.25) is 0 Å². The lowest BCUT2D eigenvalue weighted by molar-refractivity contribution is 0.0291. The Labute approximate surface area is 110 Å². The molecule has 1 unspecified atom stereocenters. The van der Waals surface area contributed by atoms with Gasteiger partial charge in [0.15, 0.2) is 11.5 Å². The number of thiazole rings is 1. The van der Waals surface area contributed by atoms with E-state index in [0.29, 0.717) is 11.6 Å². The van der Waals surface area contributed by atoms with Crippen LogP contribution in [0.15, 0.2) is 0 Å². The minimum absolute atomic E-state index is 0.164. The van der Waals surface area contributed by atoms with Crippen molar-refractivity contribution in [1.29, 1.82) is 0 Å². The average molecular weight is 271 g/mol. The topological polar surface area (TPSA) is 76.5 Å². The lowest BCUT2D eigenvalue weighted by atomic mass is 10.1. The first-order chi connectivity index (χ1) is 8.38. The third-order valence-electron chi connectivity index (χ3n) is 2.36. The molecular weight excluding hydrogens is 254 g/mol. The van der Waals surface area contributed by atoms with Crippen LogP contribution in [0.5, 0.6) is 0 Å². The van der Waals surface area contributed by atoms with Gasteiger partial charge in [-0.05, 0) is 12.8 Å². The van der Waals surface area contributed by atoms with Crippen molar-refractivity contribution in [3.63, 3.8) is 0 Å². The Morgan fingerprint density at radius 3 is 2.39 bits per heavy atom. The third kappa shape index (κ3) is 3.14. The van der Waals surface area contributed by atoms with E-state index in [9.17, 15) is 9.59 Å². The van der Waals surface area contributed by atoms with Crippen LogP contribution in [-0.4, -0.2) is 28.4 Å². The molecule has 1 aromatic rings. The van der Waals surface area contributed by atoms with E-state index in [1.807, 2.05) is 20.8 Å². The van der Waals surface area contributed by atoms with Gasteiger partial charge in [0, 0.05) is 13.5 Å². The maximum Gasteiger partial charge on any atom is 0.356 e. The van der Waals surface area contributed by atoms with E-state index in [1.54, 1.807) is 0 Å². The highest BCUT2D eigenvalue weighted by Crippen LogP contribution is 2.31. The Balaban J connectivity index is 3.21. The molecule has 0 aliphatic heterocycles. The van der Waals surface area contributed by atoms with E-state index >= 15 is 0 Å². The fourth-order valence-electron chi connectivity index (χ4n) is 1.57. The Morgan fingerprint density at radius 2 is 2.06 bits per heavy atom. The molecule has 1 N–H and O–H groups in total. The van der Waals surface area contributed by atoms with Crippen LogP contribution >= 0.6 is 11.3 Å². The molecule has 1 aromatic heterocycles. The number of aromatic carboxylic acids is 1. The van der Waals surface area contributed by atoms with Gasteiger partial charge in [-0.3, -0.25) is 4.79 Å². The number of aromatic nitrogens is 1. The number of ether oxygens (including phenoxy) is 1. The van der Waals surface area contributed by atoms with Crippen LogP contribution in [-0.2, 0) is 4.74 Å². The Bertz CT molecular complexity index is 421. The molecule has 1 heterocycles. The summed E-state index contributed by atoms with van der Waals surface area (Å²) >= 11 is 1.11. The number of carbonyl (C=O) groups is 2. The lowest BCUT2D eigenvalue weighted by Crippen LogP contribution is -2.11. The first-order valence-corrected chi connectivity index (χ1v) is 6.56. The molecule has 0 aromatic carbocycles. The first kappa shape index (κ1) is 14.8. The minimum atomic E-state index is -1.18. The summed E-state index contributed by atoms with van der Waals surface area (Å²) in [6.07, 6.45) is -0.272. The van der Waals surface area contributed by atoms with Gasteiger partial charge in [0.05, 0.1) is 0 Å². The summed E-state index contributed by atoms with van der Waals surface area (Å²) in [5.74, 6) is -1.30. The molecular formula is C12H17NO4S. The average Bonchev–Trinajstić information content (AvgIpc) is 2.70. The summed E-state index contributed by atoms with van der Waals surface area (Å²) < 4.78 is 5.56. The number of nitrogens with zero attached hydrogens (tertiary/aromatic N) is 1. The van der Waals surface area contributed by atoms with Crippen LogP contribution in [0.1, 0.15) is 59.0 Å². The van der Waals surface area contributed by atoms with Gasteiger partial charge in [-0.1, -0.05) is 13.8 Å². The van der Waals surface area contributed by atoms with Gasteiger partial charge >= 0.3 is 5.97 Å². The first-order valence-electron chi connectivity index (χ1n) is 5.75. The van der Waals surface area contributed by atoms with Crippen LogP contribution in [0.2, 0.25) is 0 Å². The van der Waals surface area contributed by atoms with Crippen LogP contribution < -0.4 is 0 Å². The van der Waals surface area contributed by atoms with Gasteiger partial charge < -0.3 is 9.84 Å². The largest absolute Gasteiger partial charge is 0.476 e. The maximum absolute atomic E-state index is 11.4. The Morgan fingerprint density at radius 1 is 1.44 bits per heavy atom. The summed E-state index contributed by atoms with van der Waals surface area (Å²) in [7, 11) is 0. The summed E-state index contributed by atoms with van der Waals surface area (Å²) in [5.41, 5.74) is -0.173. The Hall–Kier alpha value is -1.27. The van der Waals surface area contributed by atoms with Crippen molar-refractivity contribution in [3.05, 3.63) is 15.6 Å².